The van der Waals surface area contributed by atoms with Gasteiger partial charge in [-0.05, 0) is 25.8 Å². The normalized spacial score (nSPS) is 18.9. The van der Waals surface area contributed by atoms with Gasteiger partial charge in [-0.3, -0.25) is 10.1 Å². The predicted molar refractivity (Wildman–Crippen MR) is 63.6 cm³/mol. The number of hydrogen-bond acceptors (Lipinski definition) is 5. The minimum absolute atomic E-state index is 0.0511. The van der Waals surface area contributed by atoms with Crippen LogP contribution in [-0.4, -0.2) is 33.6 Å². The van der Waals surface area contributed by atoms with E-state index in [-0.39, 0.29) is 5.69 Å². The quantitative estimate of drug-likeness (QED) is 0.643. The predicted octanol–water partition coefficient (Wildman–Crippen LogP) is 1.35. The summed E-state index contributed by atoms with van der Waals surface area (Å²) in [5.74, 6) is -0.395. The lowest BCUT2D eigenvalue weighted by Gasteiger charge is -2.22. The molecule has 0 saturated carbocycles. The van der Waals surface area contributed by atoms with E-state index in [0.717, 1.165) is 6.42 Å². The van der Waals surface area contributed by atoms with E-state index in [9.17, 15) is 14.9 Å². The highest BCUT2D eigenvalue weighted by Gasteiger charge is 2.31. The van der Waals surface area contributed by atoms with Crippen LogP contribution in [0.3, 0.4) is 0 Å². The lowest BCUT2D eigenvalue weighted by atomic mass is 10.2. The molecule has 96 valence electrons. The fourth-order valence-electron chi connectivity index (χ4n) is 2.18. The first-order valence-corrected chi connectivity index (χ1v) is 5.61. The Balaban J connectivity index is 2.32. The lowest BCUT2D eigenvalue weighted by molar-refractivity contribution is -0.385. The molecule has 0 aliphatic carbocycles. The molecule has 1 aromatic heterocycles. The van der Waals surface area contributed by atoms with Crippen LogP contribution in [0.2, 0.25) is 0 Å². The van der Waals surface area contributed by atoms with Crippen LogP contribution in [0.5, 0.6) is 0 Å². The number of carboxylic acids is 1. The highest BCUT2D eigenvalue weighted by Crippen LogP contribution is 2.27. The van der Waals surface area contributed by atoms with Crippen molar-refractivity contribution in [3.05, 3.63) is 27.9 Å². The lowest BCUT2D eigenvalue weighted by Crippen LogP contribution is -2.36. The van der Waals surface area contributed by atoms with Crippen molar-refractivity contribution in [1.82, 2.24) is 4.98 Å². The first kappa shape index (κ1) is 12.3. The van der Waals surface area contributed by atoms with Crippen molar-refractivity contribution in [3.63, 3.8) is 0 Å². The van der Waals surface area contributed by atoms with Gasteiger partial charge in [0.15, 0.2) is 0 Å². The third-order valence-corrected chi connectivity index (χ3v) is 3.10. The molecule has 0 aromatic carbocycles. The monoisotopic (exact) mass is 251 g/mol. The standard InChI is InChI=1S/C11H13N3O4/c1-7-5-10(12-6-9(7)14(17)18)13-4-2-3-8(13)11(15)16/h5-6,8H,2-4H2,1H3,(H,15,16). The number of hydrogen-bond donors (Lipinski definition) is 1. The summed E-state index contributed by atoms with van der Waals surface area (Å²) in [4.78, 5) is 26.9. The summed E-state index contributed by atoms with van der Waals surface area (Å²) >= 11 is 0. The van der Waals surface area contributed by atoms with Gasteiger partial charge in [0.05, 0.1) is 4.92 Å². The molecule has 7 nitrogen and oxygen atoms in total. The second-order valence-electron chi connectivity index (χ2n) is 4.28. The minimum Gasteiger partial charge on any atom is -0.480 e. The van der Waals surface area contributed by atoms with Gasteiger partial charge in [0.1, 0.15) is 18.1 Å². The van der Waals surface area contributed by atoms with E-state index < -0.39 is 16.9 Å². The van der Waals surface area contributed by atoms with Gasteiger partial charge in [-0.2, -0.15) is 0 Å². The minimum atomic E-state index is -0.884. The number of aromatic nitrogens is 1. The van der Waals surface area contributed by atoms with Gasteiger partial charge in [0.25, 0.3) is 5.69 Å². The first-order chi connectivity index (χ1) is 8.50. The molecule has 1 saturated heterocycles. The Bertz CT molecular complexity index is 503. The molecule has 1 unspecified atom stereocenters. The summed E-state index contributed by atoms with van der Waals surface area (Å²) in [5.41, 5.74) is 0.436. The molecular weight excluding hydrogens is 238 g/mol. The summed E-state index contributed by atoms with van der Waals surface area (Å²) in [6.45, 7) is 2.23. The van der Waals surface area contributed by atoms with Crippen LogP contribution in [0.4, 0.5) is 11.5 Å². The number of carboxylic acid groups (broad SMARTS) is 1. The third kappa shape index (κ3) is 2.11. The number of aryl methyl sites for hydroxylation is 1. The molecule has 18 heavy (non-hydrogen) atoms. The fraction of sp³-hybridized carbons (Fsp3) is 0.455. The van der Waals surface area contributed by atoms with Gasteiger partial charge >= 0.3 is 5.97 Å². The number of carbonyl (C=O) groups is 1. The Morgan fingerprint density at radius 2 is 2.39 bits per heavy atom. The summed E-state index contributed by atoms with van der Waals surface area (Å²) in [7, 11) is 0. The van der Waals surface area contributed by atoms with Gasteiger partial charge in [0.2, 0.25) is 0 Å². The maximum Gasteiger partial charge on any atom is 0.326 e. The zero-order valence-electron chi connectivity index (χ0n) is 9.87. The van der Waals surface area contributed by atoms with E-state index in [1.807, 2.05) is 0 Å². The number of pyridine rings is 1. The average molecular weight is 251 g/mol. The molecule has 0 bridgehead atoms. The molecule has 1 aromatic rings. The Morgan fingerprint density at radius 3 is 2.94 bits per heavy atom. The molecule has 1 atom stereocenters. The van der Waals surface area contributed by atoms with Gasteiger partial charge in [-0.15, -0.1) is 0 Å². The molecule has 0 amide bonds. The van der Waals surface area contributed by atoms with E-state index >= 15 is 0 Å². The van der Waals surface area contributed by atoms with Crippen LogP contribution < -0.4 is 4.90 Å². The van der Waals surface area contributed by atoms with E-state index in [2.05, 4.69) is 4.98 Å². The van der Waals surface area contributed by atoms with Crippen molar-refractivity contribution in [2.24, 2.45) is 0 Å². The van der Waals surface area contributed by atoms with Crippen LogP contribution >= 0.6 is 0 Å². The molecule has 2 heterocycles. The molecule has 0 spiro atoms. The zero-order chi connectivity index (χ0) is 13.3. The van der Waals surface area contributed by atoms with Gasteiger partial charge in [-0.25, -0.2) is 9.78 Å². The van der Waals surface area contributed by atoms with E-state index in [0.29, 0.717) is 24.3 Å². The van der Waals surface area contributed by atoms with E-state index in [4.69, 9.17) is 5.11 Å². The Kier molecular flexibility index (Phi) is 3.14. The van der Waals surface area contributed by atoms with Crippen molar-refractivity contribution in [2.75, 3.05) is 11.4 Å². The van der Waals surface area contributed by atoms with Crippen LogP contribution in [0, 0.1) is 17.0 Å². The Hall–Kier alpha value is -2.18. The maximum atomic E-state index is 11.1. The van der Waals surface area contributed by atoms with Crippen molar-refractivity contribution >= 4 is 17.5 Å². The van der Waals surface area contributed by atoms with Crippen molar-refractivity contribution in [3.8, 4) is 0 Å². The Labute approximate surface area is 103 Å². The Morgan fingerprint density at radius 1 is 1.67 bits per heavy atom. The summed E-state index contributed by atoms with van der Waals surface area (Å²) < 4.78 is 0. The van der Waals surface area contributed by atoms with Crippen LogP contribution in [0.15, 0.2) is 12.3 Å². The van der Waals surface area contributed by atoms with Crippen LogP contribution in [-0.2, 0) is 4.79 Å². The summed E-state index contributed by atoms with van der Waals surface area (Å²) in [5, 5.41) is 19.8. The summed E-state index contributed by atoms with van der Waals surface area (Å²) in [6.07, 6.45) is 2.55. The van der Waals surface area contributed by atoms with E-state index in [1.165, 1.54) is 6.20 Å². The molecular formula is C11H13N3O4. The number of nitrogens with zero attached hydrogens (tertiary/aromatic N) is 3. The highest BCUT2D eigenvalue weighted by molar-refractivity contribution is 5.78. The molecule has 1 aliphatic rings. The van der Waals surface area contributed by atoms with Crippen LogP contribution in [0.1, 0.15) is 18.4 Å². The van der Waals surface area contributed by atoms with Crippen molar-refractivity contribution in [2.45, 2.75) is 25.8 Å². The molecule has 1 N–H and O–H groups in total. The van der Waals surface area contributed by atoms with Crippen molar-refractivity contribution in [1.29, 1.82) is 0 Å². The molecule has 1 aliphatic heterocycles. The smallest absolute Gasteiger partial charge is 0.326 e. The van der Waals surface area contributed by atoms with Gasteiger partial charge < -0.3 is 10.0 Å². The summed E-state index contributed by atoms with van der Waals surface area (Å²) in [6, 6.07) is 0.984. The topological polar surface area (TPSA) is 96.6 Å². The number of nitro groups is 1. The largest absolute Gasteiger partial charge is 0.480 e. The number of anilines is 1. The van der Waals surface area contributed by atoms with Crippen molar-refractivity contribution < 1.29 is 14.8 Å². The molecule has 7 heteroatoms. The third-order valence-electron chi connectivity index (χ3n) is 3.10. The molecule has 2 rings (SSSR count). The van der Waals surface area contributed by atoms with Crippen LogP contribution in [0.25, 0.3) is 0 Å². The second-order valence-corrected chi connectivity index (χ2v) is 4.28. The second kappa shape index (κ2) is 4.59. The van der Waals surface area contributed by atoms with E-state index in [1.54, 1.807) is 17.9 Å². The number of rotatable bonds is 3. The zero-order valence-corrected chi connectivity index (χ0v) is 9.87. The average Bonchev–Trinajstić information content (AvgIpc) is 2.77. The van der Waals surface area contributed by atoms with Gasteiger partial charge in [0, 0.05) is 12.1 Å². The number of aliphatic carboxylic acids is 1. The highest BCUT2D eigenvalue weighted by atomic mass is 16.6. The maximum absolute atomic E-state index is 11.1. The molecule has 0 radical (unpaired) electrons. The fourth-order valence-corrected chi connectivity index (χ4v) is 2.18. The molecule has 1 fully saturated rings. The SMILES string of the molecule is Cc1cc(N2CCCC2C(=O)O)ncc1[N+](=O)[O-]. The van der Waals surface area contributed by atoms with Gasteiger partial charge in [-0.1, -0.05) is 0 Å². The first-order valence-electron chi connectivity index (χ1n) is 5.61.